The summed E-state index contributed by atoms with van der Waals surface area (Å²) in [5.41, 5.74) is 1.16. The largest absolute Gasteiger partial charge is 0.489 e. The molecule has 0 aliphatic carbocycles. The topological polar surface area (TPSA) is 52.1 Å². The van der Waals surface area contributed by atoms with E-state index in [-0.39, 0.29) is 6.10 Å². The van der Waals surface area contributed by atoms with E-state index in [1.54, 1.807) is 0 Å². The van der Waals surface area contributed by atoms with Crippen LogP contribution in [0.15, 0.2) is 29.3 Å². The van der Waals surface area contributed by atoms with Gasteiger partial charge >= 0.3 is 0 Å². The number of ether oxygens (including phenoxy) is 1. The van der Waals surface area contributed by atoms with Gasteiger partial charge in [-0.25, -0.2) is 0 Å². The van der Waals surface area contributed by atoms with E-state index >= 15 is 0 Å². The van der Waals surface area contributed by atoms with Gasteiger partial charge in [-0.1, -0.05) is 32.0 Å². The van der Waals surface area contributed by atoms with Crippen LogP contribution in [0.1, 0.15) is 33.3 Å². The number of aryl methyl sites for hydroxylation is 1. The van der Waals surface area contributed by atoms with E-state index in [9.17, 15) is 0 Å². The van der Waals surface area contributed by atoms with Gasteiger partial charge in [-0.2, -0.15) is 0 Å². The molecule has 1 fully saturated rings. The average molecular weight is 404 g/mol. The zero-order valence-corrected chi connectivity index (χ0v) is 19.1. The fourth-order valence-corrected chi connectivity index (χ4v) is 3.56. The smallest absolute Gasteiger partial charge is 0.191 e. The summed E-state index contributed by atoms with van der Waals surface area (Å²) in [5, 5.41) is 6.77. The van der Waals surface area contributed by atoms with Crippen LogP contribution < -0.4 is 15.4 Å². The minimum Gasteiger partial charge on any atom is -0.489 e. The van der Waals surface area contributed by atoms with E-state index < -0.39 is 0 Å². The van der Waals surface area contributed by atoms with Crippen molar-refractivity contribution < 1.29 is 4.74 Å². The van der Waals surface area contributed by atoms with Crippen molar-refractivity contribution in [1.29, 1.82) is 0 Å². The van der Waals surface area contributed by atoms with Gasteiger partial charge in [0.15, 0.2) is 5.96 Å². The molecule has 0 saturated carbocycles. The highest BCUT2D eigenvalue weighted by atomic mass is 16.5. The number of aliphatic imine (C=N–C) groups is 1. The number of rotatable bonds is 10. The zero-order valence-electron chi connectivity index (χ0n) is 19.1. The van der Waals surface area contributed by atoms with Gasteiger partial charge < -0.3 is 25.2 Å². The summed E-state index contributed by atoms with van der Waals surface area (Å²) in [6.07, 6.45) is 0.0623. The lowest BCUT2D eigenvalue weighted by atomic mass is 10.1. The molecule has 1 saturated heterocycles. The Morgan fingerprint density at radius 3 is 2.41 bits per heavy atom. The third kappa shape index (κ3) is 8.62. The summed E-state index contributed by atoms with van der Waals surface area (Å²) in [6.45, 7) is 20.2. The lowest BCUT2D eigenvalue weighted by Gasteiger charge is -2.35. The second kappa shape index (κ2) is 12.7. The van der Waals surface area contributed by atoms with Crippen molar-refractivity contribution in [2.24, 2.45) is 10.9 Å². The highest BCUT2D eigenvalue weighted by molar-refractivity contribution is 5.79. The van der Waals surface area contributed by atoms with E-state index in [1.165, 1.54) is 26.2 Å². The molecule has 2 atom stereocenters. The Labute approximate surface area is 177 Å². The molecule has 0 bridgehead atoms. The molecule has 0 radical (unpaired) electrons. The second-order valence-corrected chi connectivity index (χ2v) is 8.13. The standard InChI is InChI=1S/C23H41N5O/c1-6-24-23(26-17-21(5)29-22-11-9-8-10-20(22)4)25-16-19(3)18-28-14-12-27(7-2)13-15-28/h8-11,19,21H,6-7,12-18H2,1-5H3,(H2,24,25,26). The molecular formula is C23H41N5O. The van der Waals surface area contributed by atoms with Gasteiger partial charge in [0.05, 0.1) is 6.54 Å². The number of nitrogens with one attached hydrogen (secondary N) is 2. The molecule has 1 aromatic rings. The first kappa shape index (κ1) is 23.5. The van der Waals surface area contributed by atoms with Crippen molar-refractivity contribution in [3.05, 3.63) is 29.8 Å². The molecule has 2 rings (SSSR count). The Balaban J connectivity index is 1.75. The lowest BCUT2D eigenvalue weighted by molar-refractivity contribution is 0.125. The van der Waals surface area contributed by atoms with Gasteiger partial charge in [-0.15, -0.1) is 0 Å². The number of hydrogen-bond donors (Lipinski definition) is 2. The van der Waals surface area contributed by atoms with Gasteiger partial charge in [0, 0.05) is 45.8 Å². The van der Waals surface area contributed by atoms with Crippen molar-refractivity contribution >= 4 is 5.96 Å². The van der Waals surface area contributed by atoms with E-state index in [4.69, 9.17) is 9.73 Å². The molecule has 0 amide bonds. The molecule has 0 spiro atoms. The van der Waals surface area contributed by atoms with E-state index in [2.05, 4.69) is 61.1 Å². The molecule has 2 unspecified atom stereocenters. The molecule has 1 aliphatic heterocycles. The molecule has 0 aromatic heterocycles. The summed E-state index contributed by atoms with van der Waals surface area (Å²) in [4.78, 5) is 9.90. The number of guanidine groups is 1. The lowest BCUT2D eigenvalue weighted by Crippen LogP contribution is -2.47. The first-order valence-electron chi connectivity index (χ1n) is 11.2. The molecule has 6 heteroatoms. The molecule has 1 heterocycles. The number of hydrogen-bond acceptors (Lipinski definition) is 4. The third-order valence-electron chi connectivity index (χ3n) is 5.37. The highest BCUT2D eigenvalue weighted by Gasteiger charge is 2.17. The van der Waals surface area contributed by atoms with E-state index in [1.807, 2.05) is 18.2 Å². The third-order valence-corrected chi connectivity index (χ3v) is 5.37. The van der Waals surface area contributed by atoms with Crippen LogP contribution in [0.5, 0.6) is 5.75 Å². The average Bonchev–Trinajstić information content (AvgIpc) is 2.72. The molecule has 29 heavy (non-hydrogen) atoms. The van der Waals surface area contributed by atoms with E-state index in [0.29, 0.717) is 12.5 Å². The zero-order chi connectivity index (χ0) is 21.1. The number of piperazine rings is 1. The van der Waals surface area contributed by atoms with Crippen LogP contribution in [-0.4, -0.2) is 80.8 Å². The summed E-state index contributed by atoms with van der Waals surface area (Å²) in [6, 6.07) is 8.14. The molecule has 164 valence electrons. The first-order valence-corrected chi connectivity index (χ1v) is 11.2. The van der Waals surface area contributed by atoms with Gasteiger partial charge in [0.2, 0.25) is 0 Å². The Hall–Kier alpha value is -1.79. The first-order chi connectivity index (χ1) is 14.0. The molecule has 6 nitrogen and oxygen atoms in total. The maximum absolute atomic E-state index is 6.06. The number of nitrogens with zero attached hydrogens (tertiary/aromatic N) is 3. The Morgan fingerprint density at radius 2 is 1.76 bits per heavy atom. The fourth-order valence-electron chi connectivity index (χ4n) is 3.56. The quantitative estimate of drug-likeness (QED) is 0.465. The maximum Gasteiger partial charge on any atom is 0.191 e. The van der Waals surface area contributed by atoms with E-state index in [0.717, 1.165) is 43.5 Å². The maximum atomic E-state index is 6.06. The van der Waals surface area contributed by atoms with Crippen LogP contribution in [0, 0.1) is 12.8 Å². The Morgan fingerprint density at radius 1 is 1.07 bits per heavy atom. The SMILES string of the molecule is CCNC(=NCC(C)CN1CCN(CC)CC1)NCC(C)Oc1ccccc1C. The van der Waals surface area contributed by atoms with Gasteiger partial charge in [-0.05, 0) is 44.9 Å². The van der Waals surface area contributed by atoms with Crippen LogP contribution in [0.3, 0.4) is 0 Å². The molecular weight excluding hydrogens is 362 g/mol. The van der Waals surface area contributed by atoms with Crippen LogP contribution in [0.25, 0.3) is 0 Å². The molecule has 2 N–H and O–H groups in total. The van der Waals surface area contributed by atoms with Crippen LogP contribution in [0.4, 0.5) is 0 Å². The van der Waals surface area contributed by atoms with Crippen molar-refractivity contribution in [3.8, 4) is 5.75 Å². The minimum atomic E-state index is 0.0623. The molecule has 1 aromatic carbocycles. The van der Waals surface area contributed by atoms with Crippen molar-refractivity contribution in [2.75, 3.05) is 58.9 Å². The fraction of sp³-hybridized carbons (Fsp3) is 0.696. The van der Waals surface area contributed by atoms with Gasteiger partial charge in [0.1, 0.15) is 11.9 Å². The van der Waals surface area contributed by atoms with Crippen LogP contribution in [-0.2, 0) is 0 Å². The van der Waals surface area contributed by atoms with Crippen molar-refractivity contribution in [2.45, 2.75) is 40.7 Å². The van der Waals surface area contributed by atoms with Crippen LogP contribution in [0.2, 0.25) is 0 Å². The number of para-hydroxylation sites is 1. The highest BCUT2D eigenvalue weighted by Crippen LogP contribution is 2.17. The van der Waals surface area contributed by atoms with Crippen molar-refractivity contribution in [1.82, 2.24) is 20.4 Å². The minimum absolute atomic E-state index is 0.0623. The second-order valence-electron chi connectivity index (χ2n) is 8.13. The monoisotopic (exact) mass is 403 g/mol. The van der Waals surface area contributed by atoms with Gasteiger partial charge in [0.25, 0.3) is 0 Å². The summed E-state index contributed by atoms with van der Waals surface area (Å²) >= 11 is 0. The van der Waals surface area contributed by atoms with Crippen LogP contribution >= 0.6 is 0 Å². The molecule has 1 aliphatic rings. The van der Waals surface area contributed by atoms with Gasteiger partial charge in [-0.3, -0.25) is 4.99 Å². The normalized spacial score (nSPS) is 18.3. The summed E-state index contributed by atoms with van der Waals surface area (Å²) in [7, 11) is 0. The number of benzene rings is 1. The summed E-state index contributed by atoms with van der Waals surface area (Å²) in [5.74, 6) is 2.36. The number of likely N-dealkylation sites (N-methyl/N-ethyl adjacent to an activating group) is 1. The Kier molecular flexibility index (Phi) is 10.3. The van der Waals surface area contributed by atoms with Crippen molar-refractivity contribution in [3.63, 3.8) is 0 Å². The Bertz CT molecular complexity index is 613. The predicted molar refractivity (Wildman–Crippen MR) is 123 cm³/mol. The predicted octanol–water partition coefficient (Wildman–Crippen LogP) is 2.59. The summed E-state index contributed by atoms with van der Waals surface area (Å²) < 4.78 is 6.06.